The standard InChI is InChI=1S/C16H26N2O3/c1-4-8-16(11-17,15(19)21-5-2)10-12-9-13(18)6-7-14(12)20-3/h6-7,9H,4-5,8,10-11,17-18H2,1-3H3. The van der Waals surface area contributed by atoms with Crippen molar-refractivity contribution in [2.45, 2.75) is 33.1 Å². The number of hydrogen-bond acceptors (Lipinski definition) is 5. The van der Waals surface area contributed by atoms with Gasteiger partial charge < -0.3 is 20.9 Å². The van der Waals surface area contributed by atoms with Crippen molar-refractivity contribution in [2.24, 2.45) is 11.1 Å². The number of rotatable bonds is 8. The second-order valence-electron chi connectivity index (χ2n) is 5.20. The second-order valence-corrected chi connectivity index (χ2v) is 5.20. The van der Waals surface area contributed by atoms with Crippen LogP contribution < -0.4 is 16.2 Å². The number of ether oxygens (including phenoxy) is 2. The topological polar surface area (TPSA) is 87.6 Å². The summed E-state index contributed by atoms with van der Waals surface area (Å²) in [5.74, 6) is 0.459. The molecule has 1 unspecified atom stereocenters. The summed E-state index contributed by atoms with van der Waals surface area (Å²) in [7, 11) is 1.60. The van der Waals surface area contributed by atoms with Crippen molar-refractivity contribution >= 4 is 11.7 Å². The van der Waals surface area contributed by atoms with Crippen LogP contribution in [0, 0.1) is 5.41 Å². The van der Waals surface area contributed by atoms with Gasteiger partial charge in [0.2, 0.25) is 0 Å². The molecule has 0 heterocycles. The highest BCUT2D eigenvalue weighted by molar-refractivity contribution is 5.78. The zero-order valence-corrected chi connectivity index (χ0v) is 13.1. The summed E-state index contributed by atoms with van der Waals surface area (Å²) < 4.78 is 10.6. The minimum atomic E-state index is -0.730. The van der Waals surface area contributed by atoms with E-state index in [0.717, 1.165) is 12.0 Å². The van der Waals surface area contributed by atoms with E-state index in [1.165, 1.54) is 0 Å². The Kier molecular flexibility index (Phi) is 6.49. The number of anilines is 1. The summed E-state index contributed by atoms with van der Waals surface area (Å²) in [6.07, 6.45) is 1.98. The normalized spacial score (nSPS) is 13.5. The molecule has 0 saturated carbocycles. The van der Waals surface area contributed by atoms with Gasteiger partial charge >= 0.3 is 5.97 Å². The second kappa shape index (κ2) is 7.88. The van der Waals surface area contributed by atoms with Gasteiger partial charge in [0.05, 0.1) is 19.1 Å². The van der Waals surface area contributed by atoms with Crippen molar-refractivity contribution < 1.29 is 14.3 Å². The number of hydrogen-bond donors (Lipinski definition) is 2. The first-order valence-corrected chi connectivity index (χ1v) is 7.32. The van der Waals surface area contributed by atoms with Crippen LogP contribution in [0.5, 0.6) is 5.75 Å². The van der Waals surface area contributed by atoms with Gasteiger partial charge in [-0.25, -0.2) is 0 Å². The SMILES string of the molecule is CCCC(CN)(Cc1cc(N)ccc1OC)C(=O)OCC. The molecule has 0 aromatic heterocycles. The van der Waals surface area contributed by atoms with Gasteiger partial charge in [0.15, 0.2) is 0 Å². The van der Waals surface area contributed by atoms with Crippen LogP contribution in [0.25, 0.3) is 0 Å². The molecule has 0 saturated heterocycles. The Balaban J connectivity index is 3.16. The van der Waals surface area contributed by atoms with Gasteiger partial charge in [-0.15, -0.1) is 0 Å². The molecule has 0 radical (unpaired) electrons. The number of carbonyl (C=O) groups is 1. The Morgan fingerprint density at radius 1 is 1.33 bits per heavy atom. The molecule has 1 rings (SSSR count). The Morgan fingerprint density at radius 3 is 2.57 bits per heavy atom. The predicted octanol–water partition coefficient (Wildman–Crippen LogP) is 2.13. The molecule has 1 aromatic rings. The van der Waals surface area contributed by atoms with Gasteiger partial charge in [-0.1, -0.05) is 13.3 Å². The summed E-state index contributed by atoms with van der Waals surface area (Å²) in [5.41, 5.74) is 12.6. The number of esters is 1. The lowest BCUT2D eigenvalue weighted by atomic mass is 9.77. The van der Waals surface area contributed by atoms with Gasteiger partial charge in [0.25, 0.3) is 0 Å². The molecule has 0 spiro atoms. The third-order valence-electron chi connectivity index (χ3n) is 3.66. The minimum absolute atomic E-state index is 0.234. The van der Waals surface area contributed by atoms with Crippen LogP contribution in [0.2, 0.25) is 0 Å². The molecule has 0 aliphatic heterocycles. The van der Waals surface area contributed by atoms with Gasteiger partial charge in [-0.2, -0.15) is 0 Å². The van der Waals surface area contributed by atoms with Gasteiger partial charge in [0.1, 0.15) is 5.75 Å². The van der Waals surface area contributed by atoms with Crippen LogP contribution in [0.4, 0.5) is 5.69 Å². The van der Waals surface area contributed by atoms with Gasteiger partial charge in [0, 0.05) is 12.2 Å². The van der Waals surface area contributed by atoms with Crippen molar-refractivity contribution in [3.05, 3.63) is 23.8 Å². The van der Waals surface area contributed by atoms with Crippen molar-refractivity contribution in [1.82, 2.24) is 0 Å². The molecule has 0 amide bonds. The highest BCUT2D eigenvalue weighted by atomic mass is 16.5. The van der Waals surface area contributed by atoms with E-state index in [1.54, 1.807) is 20.1 Å². The van der Waals surface area contributed by atoms with E-state index in [2.05, 4.69) is 0 Å². The summed E-state index contributed by atoms with van der Waals surface area (Å²) in [5, 5.41) is 0. The fourth-order valence-electron chi connectivity index (χ4n) is 2.58. The summed E-state index contributed by atoms with van der Waals surface area (Å²) >= 11 is 0. The van der Waals surface area contributed by atoms with Crippen LogP contribution >= 0.6 is 0 Å². The molecule has 21 heavy (non-hydrogen) atoms. The summed E-state index contributed by atoms with van der Waals surface area (Å²) in [6, 6.07) is 5.41. The first-order valence-electron chi connectivity index (χ1n) is 7.32. The third-order valence-corrected chi connectivity index (χ3v) is 3.66. The highest BCUT2D eigenvalue weighted by Crippen LogP contribution is 2.34. The number of nitrogens with two attached hydrogens (primary N) is 2. The van der Waals surface area contributed by atoms with E-state index in [1.807, 2.05) is 19.1 Å². The van der Waals surface area contributed by atoms with Crippen molar-refractivity contribution in [1.29, 1.82) is 0 Å². The lowest BCUT2D eigenvalue weighted by Crippen LogP contribution is -2.42. The average Bonchev–Trinajstić information content (AvgIpc) is 2.47. The van der Waals surface area contributed by atoms with Crippen LogP contribution in [-0.2, 0) is 16.0 Å². The highest BCUT2D eigenvalue weighted by Gasteiger charge is 2.38. The lowest BCUT2D eigenvalue weighted by molar-refractivity contribution is -0.155. The van der Waals surface area contributed by atoms with Crippen LogP contribution in [-0.4, -0.2) is 26.2 Å². The van der Waals surface area contributed by atoms with E-state index in [-0.39, 0.29) is 12.5 Å². The molecule has 0 aliphatic rings. The molecule has 0 fully saturated rings. The predicted molar refractivity (Wildman–Crippen MR) is 84.1 cm³/mol. The molecule has 4 N–H and O–H groups in total. The zero-order valence-electron chi connectivity index (χ0n) is 13.1. The molecule has 1 aromatic carbocycles. The largest absolute Gasteiger partial charge is 0.496 e. The first kappa shape index (κ1) is 17.3. The van der Waals surface area contributed by atoms with Gasteiger partial charge in [-0.05, 0) is 43.5 Å². The molecule has 1 atom stereocenters. The maximum Gasteiger partial charge on any atom is 0.313 e. The molecule has 5 heteroatoms. The molecule has 5 nitrogen and oxygen atoms in total. The molecule has 0 aliphatic carbocycles. The number of methoxy groups -OCH3 is 1. The van der Waals surface area contributed by atoms with E-state index >= 15 is 0 Å². The van der Waals surface area contributed by atoms with Crippen molar-refractivity contribution in [3.63, 3.8) is 0 Å². The van der Waals surface area contributed by atoms with E-state index in [0.29, 0.717) is 30.9 Å². The van der Waals surface area contributed by atoms with Crippen LogP contribution in [0.1, 0.15) is 32.3 Å². The molecular formula is C16H26N2O3. The van der Waals surface area contributed by atoms with E-state index in [4.69, 9.17) is 20.9 Å². The Bertz CT molecular complexity index is 477. The number of benzene rings is 1. The van der Waals surface area contributed by atoms with Crippen LogP contribution in [0.15, 0.2) is 18.2 Å². The Hall–Kier alpha value is -1.75. The quantitative estimate of drug-likeness (QED) is 0.566. The third kappa shape index (κ3) is 4.11. The lowest BCUT2D eigenvalue weighted by Gasteiger charge is -2.30. The smallest absolute Gasteiger partial charge is 0.313 e. The summed E-state index contributed by atoms with van der Waals surface area (Å²) in [4.78, 5) is 12.4. The first-order chi connectivity index (χ1) is 10.0. The number of nitrogen functional groups attached to an aromatic ring is 1. The Labute approximate surface area is 126 Å². The number of carbonyl (C=O) groups excluding carboxylic acids is 1. The zero-order chi connectivity index (χ0) is 15.9. The maximum absolute atomic E-state index is 12.4. The molecule has 0 bridgehead atoms. The van der Waals surface area contributed by atoms with Crippen molar-refractivity contribution in [2.75, 3.05) is 26.0 Å². The Morgan fingerprint density at radius 2 is 2.05 bits per heavy atom. The average molecular weight is 294 g/mol. The fourth-order valence-corrected chi connectivity index (χ4v) is 2.58. The molecular weight excluding hydrogens is 268 g/mol. The van der Waals surface area contributed by atoms with Crippen molar-refractivity contribution in [3.8, 4) is 5.75 Å². The van der Waals surface area contributed by atoms with Gasteiger partial charge in [-0.3, -0.25) is 4.79 Å². The fraction of sp³-hybridized carbons (Fsp3) is 0.562. The monoisotopic (exact) mass is 294 g/mol. The van der Waals surface area contributed by atoms with E-state index < -0.39 is 5.41 Å². The van der Waals surface area contributed by atoms with Crippen LogP contribution in [0.3, 0.4) is 0 Å². The molecule has 118 valence electrons. The maximum atomic E-state index is 12.4. The summed E-state index contributed by atoms with van der Waals surface area (Å²) in [6.45, 7) is 4.41. The van der Waals surface area contributed by atoms with E-state index in [9.17, 15) is 4.79 Å². The minimum Gasteiger partial charge on any atom is -0.496 e.